The first kappa shape index (κ1) is 14.8. The second kappa shape index (κ2) is 6.71. The SMILES string of the molecule is CC(CCCNc1nc2ccccc2cc1C#N)C(=O)O. The van der Waals surface area contributed by atoms with Crippen LogP contribution in [0, 0.1) is 17.2 Å². The van der Waals surface area contributed by atoms with E-state index in [1.54, 1.807) is 6.92 Å². The van der Waals surface area contributed by atoms with Crippen molar-refractivity contribution in [3.05, 3.63) is 35.9 Å². The van der Waals surface area contributed by atoms with Gasteiger partial charge in [0.05, 0.1) is 17.0 Å². The Morgan fingerprint density at radius 2 is 2.24 bits per heavy atom. The number of carboxylic acid groups (broad SMARTS) is 1. The van der Waals surface area contributed by atoms with Gasteiger partial charge in [0.2, 0.25) is 0 Å². The van der Waals surface area contributed by atoms with Crippen molar-refractivity contribution in [2.75, 3.05) is 11.9 Å². The minimum absolute atomic E-state index is 0.355. The van der Waals surface area contributed by atoms with Crippen LogP contribution < -0.4 is 5.32 Å². The number of fused-ring (bicyclic) bond motifs is 1. The Morgan fingerprint density at radius 1 is 1.48 bits per heavy atom. The first-order chi connectivity index (χ1) is 10.1. The molecule has 0 saturated carbocycles. The fraction of sp³-hybridized carbons (Fsp3) is 0.312. The van der Waals surface area contributed by atoms with Gasteiger partial charge in [0, 0.05) is 11.9 Å². The monoisotopic (exact) mass is 283 g/mol. The lowest BCUT2D eigenvalue weighted by molar-refractivity contribution is -0.141. The predicted molar refractivity (Wildman–Crippen MR) is 81.0 cm³/mol. The normalized spacial score (nSPS) is 11.8. The molecule has 1 aromatic carbocycles. The lowest BCUT2D eigenvalue weighted by atomic mass is 10.1. The van der Waals surface area contributed by atoms with E-state index in [1.165, 1.54) is 0 Å². The number of nitriles is 1. The van der Waals surface area contributed by atoms with Crippen LogP contribution in [-0.4, -0.2) is 22.6 Å². The molecular formula is C16H17N3O2. The maximum Gasteiger partial charge on any atom is 0.306 e. The highest BCUT2D eigenvalue weighted by molar-refractivity contribution is 5.82. The topological polar surface area (TPSA) is 86.0 Å². The molecule has 0 amide bonds. The van der Waals surface area contributed by atoms with Crippen molar-refractivity contribution in [3.8, 4) is 6.07 Å². The van der Waals surface area contributed by atoms with Crippen LogP contribution in [0.15, 0.2) is 30.3 Å². The van der Waals surface area contributed by atoms with Gasteiger partial charge in [-0.15, -0.1) is 0 Å². The molecule has 108 valence electrons. The summed E-state index contributed by atoms with van der Waals surface area (Å²) in [5.74, 6) is -0.581. The third kappa shape index (κ3) is 3.69. The molecule has 2 aromatic rings. The highest BCUT2D eigenvalue weighted by Crippen LogP contribution is 2.19. The standard InChI is InChI=1S/C16H17N3O2/c1-11(16(20)21)5-4-8-18-15-13(10-17)9-12-6-2-3-7-14(12)19-15/h2-3,6-7,9,11H,4-5,8H2,1H3,(H,18,19)(H,20,21). The number of anilines is 1. The Hall–Kier alpha value is -2.61. The van der Waals surface area contributed by atoms with Crippen molar-refractivity contribution in [2.24, 2.45) is 5.92 Å². The van der Waals surface area contributed by atoms with Gasteiger partial charge in [-0.25, -0.2) is 4.98 Å². The van der Waals surface area contributed by atoms with Crippen molar-refractivity contribution in [3.63, 3.8) is 0 Å². The summed E-state index contributed by atoms with van der Waals surface area (Å²) in [6.45, 7) is 2.29. The van der Waals surface area contributed by atoms with Crippen LogP contribution in [0.5, 0.6) is 0 Å². The number of carbonyl (C=O) groups is 1. The van der Waals surface area contributed by atoms with Crippen molar-refractivity contribution in [2.45, 2.75) is 19.8 Å². The van der Waals surface area contributed by atoms with Crippen LogP contribution in [0.4, 0.5) is 5.82 Å². The van der Waals surface area contributed by atoms with E-state index in [0.717, 1.165) is 10.9 Å². The number of pyridine rings is 1. The Bertz CT molecular complexity index is 691. The lowest BCUT2D eigenvalue weighted by Gasteiger charge is -2.10. The zero-order chi connectivity index (χ0) is 15.2. The molecule has 0 bridgehead atoms. The van der Waals surface area contributed by atoms with Gasteiger partial charge in [-0.1, -0.05) is 25.1 Å². The third-order valence-electron chi connectivity index (χ3n) is 3.37. The van der Waals surface area contributed by atoms with E-state index >= 15 is 0 Å². The Morgan fingerprint density at radius 3 is 2.95 bits per heavy atom. The van der Waals surface area contributed by atoms with Crippen LogP contribution in [-0.2, 0) is 4.79 Å². The lowest BCUT2D eigenvalue weighted by Crippen LogP contribution is -2.12. The van der Waals surface area contributed by atoms with Crippen LogP contribution in [0.1, 0.15) is 25.3 Å². The largest absolute Gasteiger partial charge is 0.481 e. The number of nitrogens with one attached hydrogen (secondary N) is 1. The second-order valence-electron chi connectivity index (χ2n) is 5.00. The molecule has 0 radical (unpaired) electrons. The second-order valence-corrected chi connectivity index (χ2v) is 5.00. The van der Waals surface area contributed by atoms with Crippen LogP contribution in [0.2, 0.25) is 0 Å². The Kier molecular flexibility index (Phi) is 4.72. The van der Waals surface area contributed by atoms with Crippen molar-refractivity contribution >= 4 is 22.7 Å². The van der Waals surface area contributed by atoms with Crippen molar-refractivity contribution in [1.29, 1.82) is 5.26 Å². The van der Waals surface area contributed by atoms with E-state index in [0.29, 0.717) is 30.8 Å². The van der Waals surface area contributed by atoms with Gasteiger partial charge in [-0.2, -0.15) is 5.26 Å². The van der Waals surface area contributed by atoms with Gasteiger partial charge in [0.25, 0.3) is 0 Å². The third-order valence-corrected chi connectivity index (χ3v) is 3.37. The molecule has 0 saturated heterocycles. The molecule has 0 aliphatic carbocycles. The van der Waals surface area contributed by atoms with Crippen LogP contribution in [0.3, 0.4) is 0 Å². The quantitative estimate of drug-likeness (QED) is 0.796. The predicted octanol–water partition coefficient (Wildman–Crippen LogP) is 3.02. The molecule has 0 spiro atoms. The molecule has 5 nitrogen and oxygen atoms in total. The van der Waals surface area contributed by atoms with E-state index in [-0.39, 0.29) is 5.92 Å². The van der Waals surface area contributed by atoms with Gasteiger partial charge in [-0.05, 0) is 25.0 Å². The molecule has 1 atom stereocenters. The first-order valence-corrected chi connectivity index (χ1v) is 6.88. The molecular weight excluding hydrogens is 266 g/mol. The van der Waals surface area contributed by atoms with E-state index < -0.39 is 5.97 Å². The van der Waals surface area contributed by atoms with E-state index in [4.69, 9.17) is 5.11 Å². The van der Waals surface area contributed by atoms with Gasteiger partial charge < -0.3 is 10.4 Å². The minimum atomic E-state index is -0.781. The number of rotatable bonds is 6. The fourth-order valence-corrected chi connectivity index (χ4v) is 2.07. The number of benzene rings is 1. The highest BCUT2D eigenvalue weighted by Gasteiger charge is 2.10. The molecule has 0 aliphatic rings. The maximum atomic E-state index is 10.7. The molecule has 0 fully saturated rings. The first-order valence-electron chi connectivity index (χ1n) is 6.88. The Balaban J connectivity index is 2.04. The molecule has 1 unspecified atom stereocenters. The van der Waals surface area contributed by atoms with Crippen molar-refractivity contribution < 1.29 is 9.90 Å². The van der Waals surface area contributed by atoms with Gasteiger partial charge >= 0.3 is 5.97 Å². The molecule has 1 heterocycles. The number of hydrogen-bond donors (Lipinski definition) is 2. The molecule has 2 N–H and O–H groups in total. The van der Waals surface area contributed by atoms with E-state index in [9.17, 15) is 10.1 Å². The average molecular weight is 283 g/mol. The summed E-state index contributed by atoms with van der Waals surface area (Å²) in [7, 11) is 0. The van der Waals surface area contributed by atoms with Crippen LogP contribution in [0.25, 0.3) is 10.9 Å². The van der Waals surface area contributed by atoms with Crippen molar-refractivity contribution in [1.82, 2.24) is 4.98 Å². The molecule has 21 heavy (non-hydrogen) atoms. The number of hydrogen-bond acceptors (Lipinski definition) is 4. The van der Waals surface area contributed by atoms with Crippen LogP contribution >= 0.6 is 0 Å². The van der Waals surface area contributed by atoms with Gasteiger partial charge in [0.1, 0.15) is 11.9 Å². The fourth-order valence-electron chi connectivity index (χ4n) is 2.07. The van der Waals surface area contributed by atoms with E-state index in [1.807, 2.05) is 30.3 Å². The minimum Gasteiger partial charge on any atom is -0.481 e. The van der Waals surface area contributed by atoms with Gasteiger partial charge in [0.15, 0.2) is 0 Å². The average Bonchev–Trinajstić information content (AvgIpc) is 2.50. The summed E-state index contributed by atoms with van der Waals surface area (Å²) in [4.78, 5) is 15.2. The summed E-state index contributed by atoms with van der Waals surface area (Å²) in [5.41, 5.74) is 1.33. The van der Waals surface area contributed by atoms with E-state index in [2.05, 4.69) is 16.4 Å². The number of nitrogens with zero attached hydrogens (tertiary/aromatic N) is 2. The molecule has 5 heteroatoms. The summed E-state index contributed by atoms with van der Waals surface area (Å²) in [6.07, 6.45) is 1.31. The highest BCUT2D eigenvalue weighted by atomic mass is 16.4. The zero-order valence-corrected chi connectivity index (χ0v) is 11.8. The molecule has 0 aliphatic heterocycles. The zero-order valence-electron chi connectivity index (χ0n) is 11.8. The molecule has 2 rings (SSSR count). The summed E-state index contributed by atoms with van der Waals surface area (Å²) in [6, 6.07) is 11.6. The van der Waals surface area contributed by atoms with Gasteiger partial charge in [-0.3, -0.25) is 4.79 Å². The smallest absolute Gasteiger partial charge is 0.306 e. The maximum absolute atomic E-state index is 10.7. The summed E-state index contributed by atoms with van der Waals surface area (Å²) < 4.78 is 0. The summed E-state index contributed by atoms with van der Waals surface area (Å²) >= 11 is 0. The number of aliphatic carboxylic acids is 1. The summed E-state index contributed by atoms with van der Waals surface area (Å²) in [5, 5.41) is 22.1. The molecule has 1 aromatic heterocycles. The number of para-hydroxylation sites is 1. The number of carboxylic acids is 1. The Labute approximate surface area is 123 Å². The number of aromatic nitrogens is 1.